The Morgan fingerprint density at radius 1 is 0.789 bits per heavy atom. The molecule has 0 bridgehead atoms. The van der Waals surface area contributed by atoms with E-state index in [4.69, 9.17) is 17.0 Å². The summed E-state index contributed by atoms with van der Waals surface area (Å²) in [4.78, 5) is 30.1. The van der Waals surface area contributed by atoms with Gasteiger partial charge in [0.1, 0.15) is 17.1 Å². The van der Waals surface area contributed by atoms with E-state index in [-0.39, 0.29) is 16.5 Å². The molecule has 7 heteroatoms. The van der Waals surface area contributed by atoms with Crippen LogP contribution in [0.5, 0.6) is 5.75 Å². The van der Waals surface area contributed by atoms with Crippen LogP contribution < -0.4 is 14.5 Å². The topological polar surface area (TPSA) is 49.9 Å². The van der Waals surface area contributed by atoms with Gasteiger partial charge < -0.3 is 4.74 Å². The summed E-state index contributed by atoms with van der Waals surface area (Å²) < 4.78 is 19.3. The Kier molecular flexibility index (Phi) is 7.11. The first-order chi connectivity index (χ1) is 18.5. The quantitative estimate of drug-likeness (QED) is 0.173. The number of halogens is 1. The third-order valence-corrected chi connectivity index (χ3v) is 6.55. The number of para-hydroxylation sites is 2. The number of anilines is 2. The fourth-order valence-electron chi connectivity index (χ4n) is 4.37. The van der Waals surface area contributed by atoms with Crippen molar-refractivity contribution in [3.8, 4) is 5.75 Å². The number of benzene rings is 4. The number of carbonyl (C=O) groups is 2. The lowest BCUT2D eigenvalue weighted by Crippen LogP contribution is -2.56. The van der Waals surface area contributed by atoms with Crippen LogP contribution in [0.25, 0.3) is 6.08 Å². The lowest BCUT2D eigenvalue weighted by Gasteiger charge is -2.36. The zero-order valence-corrected chi connectivity index (χ0v) is 21.3. The molecule has 0 unspecified atom stereocenters. The fraction of sp³-hybridized carbons (Fsp3) is 0.0645. The van der Waals surface area contributed by atoms with Crippen LogP contribution in [0, 0.1) is 5.82 Å². The number of carbonyl (C=O) groups excluding carboxylic acids is 2. The summed E-state index contributed by atoms with van der Waals surface area (Å²) >= 11 is 5.65. The van der Waals surface area contributed by atoms with Gasteiger partial charge in [-0.1, -0.05) is 60.7 Å². The highest BCUT2D eigenvalue weighted by Gasteiger charge is 2.41. The van der Waals surface area contributed by atoms with Crippen LogP contribution in [-0.4, -0.2) is 24.0 Å². The highest BCUT2D eigenvalue weighted by molar-refractivity contribution is 7.81. The Hall–Kier alpha value is -4.62. The summed E-state index contributed by atoms with van der Waals surface area (Å²) in [6, 6.07) is 29.8. The zero-order chi connectivity index (χ0) is 26.6. The molecule has 1 fully saturated rings. The van der Waals surface area contributed by atoms with E-state index in [9.17, 15) is 14.0 Å². The van der Waals surface area contributed by atoms with E-state index in [0.29, 0.717) is 29.1 Å². The van der Waals surface area contributed by atoms with Gasteiger partial charge in [0.2, 0.25) is 0 Å². The number of thiocarbonyl (C=S) groups is 1. The Balaban J connectivity index is 1.56. The number of methoxy groups -OCH3 is 1. The lowest BCUT2D eigenvalue weighted by molar-refractivity contribution is -0.120. The molecule has 4 aromatic carbocycles. The molecule has 0 atom stereocenters. The Morgan fingerprint density at radius 3 is 1.95 bits per heavy atom. The molecule has 188 valence electrons. The van der Waals surface area contributed by atoms with Gasteiger partial charge in [-0.05, 0) is 77.4 Å². The maximum atomic E-state index is 13.7. The van der Waals surface area contributed by atoms with E-state index < -0.39 is 11.8 Å². The normalized spacial score (nSPS) is 13.6. The molecule has 0 aromatic heterocycles. The molecule has 0 N–H and O–H groups in total. The summed E-state index contributed by atoms with van der Waals surface area (Å²) in [7, 11) is 1.55. The molecule has 0 spiro atoms. The highest BCUT2D eigenvalue weighted by atomic mass is 32.1. The Bertz CT molecular complexity index is 1490. The second kappa shape index (κ2) is 10.8. The van der Waals surface area contributed by atoms with Crippen molar-refractivity contribution >= 4 is 46.6 Å². The van der Waals surface area contributed by atoms with Crippen LogP contribution in [-0.2, 0) is 16.0 Å². The molecule has 0 saturated carbocycles. The van der Waals surface area contributed by atoms with E-state index in [1.807, 2.05) is 24.3 Å². The molecule has 38 heavy (non-hydrogen) atoms. The summed E-state index contributed by atoms with van der Waals surface area (Å²) in [6.07, 6.45) is 2.01. The molecular formula is C31H23FN2O3S. The number of hydrogen-bond donors (Lipinski definition) is 0. The molecule has 1 heterocycles. The minimum atomic E-state index is -0.513. The van der Waals surface area contributed by atoms with Crippen molar-refractivity contribution in [2.24, 2.45) is 0 Å². The van der Waals surface area contributed by atoms with Gasteiger partial charge >= 0.3 is 0 Å². The molecule has 0 radical (unpaired) electrons. The van der Waals surface area contributed by atoms with Gasteiger partial charge in [-0.25, -0.2) is 4.39 Å². The maximum absolute atomic E-state index is 13.7. The first-order valence-electron chi connectivity index (χ1n) is 11.9. The van der Waals surface area contributed by atoms with Crippen molar-refractivity contribution in [2.75, 3.05) is 16.9 Å². The van der Waals surface area contributed by atoms with Crippen LogP contribution in [0.2, 0.25) is 0 Å². The zero-order valence-electron chi connectivity index (χ0n) is 20.5. The van der Waals surface area contributed by atoms with Crippen molar-refractivity contribution in [1.29, 1.82) is 0 Å². The molecule has 1 aliphatic heterocycles. The number of rotatable bonds is 6. The Morgan fingerprint density at radius 2 is 1.39 bits per heavy atom. The second-order valence-electron chi connectivity index (χ2n) is 8.67. The smallest absolute Gasteiger partial charge is 0.270 e. The molecule has 4 aromatic rings. The van der Waals surface area contributed by atoms with Gasteiger partial charge in [0.05, 0.1) is 18.5 Å². The van der Waals surface area contributed by atoms with Crippen molar-refractivity contribution in [3.63, 3.8) is 0 Å². The van der Waals surface area contributed by atoms with E-state index in [1.54, 1.807) is 79.9 Å². The van der Waals surface area contributed by atoms with Crippen molar-refractivity contribution in [1.82, 2.24) is 0 Å². The van der Waals surface area contributed by atoms with Crippen LogP contribution in [0.4, 0.5) is 15.8 Å². The molecule has 1 saturated heterocycles. The minimum Gasteiger partial charge on any atom is -0.496 e. The Labute approximate surface area is 225 Å². The number of hydrogen-bond acceptors (Lipinski definition) is 4. The number of nitrogens with zero attached hydrogens (tertiary/aromatic N) is 2. The van der Waals surface area contributed by atoms with Gasteiger partial charge in [-0.15, -0.1) is 0 Å². The van der Waals surface area contributed by atoms with Gasteiger partial charge in [0.25, 0.3) is 11.8 Å². The first kappa shape index (κ1) is 25.0. The predicted octanol–water partition coefficient (Wildman–Crippen LogP) is 6.17. The van der Waals surface area contributed by atoms with Gasteiger partial charge in [0.15, 0.2) is 5.11 Å². The monoisotopic (exact) mass is 522 g/mol. The van der Waals surface area contributed by atoms with E-state index >= 15 is 0 Å². The van der Waals surface area contributed by atoms with Crippen molar-refractivity contribution in [2.45, 2.75) is 6.42 Å². The summed E-state index contributed by atoms with van der Waals surface area (Å²) in [5.74, 6) is -0.766. The molecule has 0 aliphatic carbocycles. The van der Waals surface area contributed by atoms with Crippen LogP contribution in [0.3, 0.4) is 0 Å². The summed E-state index contributed by atoms with van der Waals surface area (Å²) in [6.45, 7) is 0. The average molecular weight is 523 g/mol. The predicted molar refractivity (Wildman–Crippen MR) is 151 cm³/mol. The lowest BCUT2D eigenvalue weighted by atomic mass is 10.00. The number of amides is 2. The molecule has 2 amide bonds. The molecule has 5 nitrogen and oxygen atoms in total. The average Bonchev–Trinajstić information content (AvgIpc) is 2.93. The molecule has 1 aliphatic rings. The number of ether oxygens (including phenoxy) is 1. The van der Waals surface area contributed by atoms with Gasteiger partial charge in [-0.2, -0.15) is 0 Å². The SMILES string of the molecule is COc1cc(C=C2C(=O)N(c3ccccc3)C(=S)N(c3ccccc3)C2=O)ccc1Cc1cccc(F)c1. The summed E-state index contributed by atoms with van der Waals surface area (Å²) in [5, 5.41) is 0.0811. The fourth-order valence-corrected chi connectivity index (χ4v) is 4.75. The third-order valence-electron chi connectivity index (χ3n) is 6.18. The van der Waals surface area contributed by atoms with Crippen molar-refractivity contribution in [3.05, 3.63) is 131 Å². The molecular weight excluding hydrogens is 499 g/mol. The maximum Gasteiger partial charge on any atom is 0.270 e. The first-order valence-corrected chi connectivity index (χ1v) is 12.3. The molecule has 5 rings (SSSR count). The van der Waals surface area contributed by atoms with E-state index in [0.717, 1.165) is 11.1 Å². The van der Waals surface area contributed by atoms with Crippen LogP contribution in [0.1, 0.15) is 16.7 Å². The largest absolute Gasteiger partial charge is 0.496 e. The van der Waals surface area contributed by atoms with Gasteiger partial charge in [-0.3, -0.25) is 19.4 Å². The highest BCUT2D eigenvalue weighted by Crippen LogP contribution is 2.31. The van der Waals surface area contributed by atoms with Gasteiger partial charge in [0, 0.05) is 6.42 Å². The van der Waals surface area contributed by atoms with Crippen LogP contribution in [0.15, 0.2) is 109 Å². The second-order valence-corrected chi connectivity index (χ2v) is 9.04. The van der Waals surface area contributed by atoms with E-state index in [1.165, 1.54) is 21.9 Å². The van der Waals surface area contributed by atoms with Crippen molar-refractivity contribution < 1.29 is 18.7 Å². The standard InChI is InChI=1S/C31H23FN2O3S/c1-37-28-20-22(15-16-23(28)17-21-9-8-10-24(32)18-21)19-27-29(35)33(25-11-4-2-5-12-25)31(38)34(30(27)36)26-13-6-3-7-14-26/h2-16,18-20H,17H2,1H3. The van der Waals surface area contributed by atoms with E-state index in [2.05, 4.69) is 0 Å². The third kappa shape index (κ3) is 4.96. The van der Waals surface area contributed by atoms with Crippen LogP contribution >= 0.6 is 12.2 Å². The minimum absolute atomic E-state index is 0.0359. The summed E-state index contributed by atoms with van der Waals surface area (Å²) in [5.41, 5.74) is 3.34.